The molecule has 2 rings (SSSR count). The molecule has 0 radical (unpaired) electrons. The van der Waals surface area contributed by atoms with Crippen LogP contribution in [0.4, 0.5) is 5.69 Å². The minimum absolute atomic E-state index is 0.364. The van der Waals surface area contributed by atoms with Gasteiger partial charge in [0.05, 0.1) is 5.69 Å². The summed E-state index contributed by atoms with van der Waals surface area (Å²) >= 11 is 5.00. The molecule has 0 amide bonds. The van der Waals surface area contributed by atoms with E-state index in [9.17, 15) is 0 Å². The van der Waals surface area contributed by atoms with Gasteiger partial charge in [0.15, 0.2) is 0 Å². The quantitative estimate of drug-likeness (QED) is 0.833. The first-order valence-electron chi connectivity index (χ1n) is 6.51. The maximum absolute atomic E-state index is 5.65. The summed E-state index contributed by atoms with van der Waals surface area (Å²) in [4.78, 5) is 7.01. The van der Waals surface area contributed by atoms with E-state index in [0.29, 0.717) is 22.6 Å². The summed E-state index contributed by atoms with van der Waals surface area (Å²) in [6.45, 7) is 8.01. The molecule has 1 aromatic heterocycles. The minimum atomic E-state index is 0.364. The van der Waals surface area contributed by atoms with E-state index in [4.69, 9.17) is 18.0 Å². The summed E-state index contributed by atoms with van der Waals surface area (Å²) in [5.41, 5.74) is 7.54. The van der Waals surface area contributed by atoms with Crippen molar-refractivity contribution in [3.8, 4) is 0 Å². The third-order valence-corrected chi connectivity index (χ3v) is 4.13. The monoisotopic (exact) mass is 263 g/mol. The van der Waals surface area contributed by atoms with E-state index in [0.717, 1.165) is 12.5 Å². The third kappa shape index (κ3) is 2.64. The van der Waals surface area contributed by atoms with Gasteiger partial charge in [-0.25, -0.2) is 0 Å². The van der Waals surface area contributed by atoms with E-state index >= 15 is 0 Å². The summed E-state index contributed by atoms with van der Waals surface area (Å²) < 4.78 is 0. The Morgan fingerprint density at radius 1 is 1.44 bits per heavy atom. The predicted octanol–water partition coefficient (Wildman–Crippen LogP) is 2.59. The van der Waals surface area contributed by atoms with Crippen LogP contribution >= 0.6 is 12.2 Å². The van der Waals surface area contributed by atoms with Crippen LogP contribution in [0.25, 0.3) is 0 Å². The van der Waals surface area contributed by atoms with Crippen molar-refractivity contribution in [3.05, 3.63) is 24.0 Å². The Labute approximate surface area is 114 Å². The molecule has 2 N–H and O–H groups in total. The van der Waals surface area contributed by atoms with Crippen LogP contribution < -0.4 is 10.6 Å². The van der Waals surface area contributed by atoms with Crippen molar-refractivity contribution in [3.63, 3.8) is 0 Å². The third-order valence-electron chi connectivity index (χ3n) is 3.93. The molecule has 0 spiro atoms. The number of piperidine rings is 1. The Kier molecular flexibility index (Phi) is 3.85. The Morgan fingerprint density at radius 3 is 2.83 bits per heavy atom. The van der Waals surface area contributed by atoms with Gasteiger partial charge in [0, 0.05) is 24.5 Å². The Morgan fingerprint density at radius 2 is 2.17 bits per heavy atom. The summed E-state index contributed by atoms with van der Waals surface area (Å²) in [6, 6.07) is 4.59. The van der Waals surface area contributed by atoms with E-state index in [1.54, 1.807) is 6.20 Å². The highest BCUT2D eigenvalue weighted by atomic mass is 32.1. The van der Waals surface area contributed by atoms with Gasteiger partial charge >= 0.3 is 0 Å². The van der Waals surface area contributed by atoms with Crippen LogP contribution in [-0.2, 0) is 0 Å². The highest BCUT2D eigenvalue weighted by Crippen LogP contribution is 2.31. The van der Waals surface area contributed by atoms with E-state index in [1.807, 2.05) is 12.1 Å². The average molecular weight is 263 g/mol. The second-order valence-electron chi connectivity index (χ2n) is 5.47. The number of rotatable bonds is 2. The van der Waals surface area contributed by atoms with Gasteiger partial charge in [0.2, 0.25) is 0 Å². The molecule has 2 heterocycles. The molecule has 0 aromatic carbocycles. The Hall–Kier alpha value is -1.16. The summed E-state index contributed by atoms with van der Waals surface area (Å²) in [5.74, 6) is 1.42. The van der Waals surface area contributed by atoms with Crippen molar-refractivity contribution < 1.29 is 0 Å². The molecule has 1 aromatic rings. The molecule has 3 atom stereocenters. The van der Waals surface area contributed by atoms with Gasteiger partial charge in [-0.1, -0.05) is 26.1 Å². The number of thiocarbonyl (C=S) groups is 1. The predicted molar refractivity (Wildman–Crippen MR) is 79.9 cm³/mol. The lowest BCUT2D eigenvalue weighted by atomic mass is 9.85. The smallest absolute Gasteiger partial charge is 0.122 e. The van der Waals surface area contributed by atoms with E-state index in [1.165, 1.54) is 12.1 Å². The van der Waals surface area contributed by atoms with Gasteiger partial charge in [-0.15, -0.1) is 0 Å². The van der Waals surface area contributed by atoms with E-state index < -0.39 is 0 Å². The van der Waals surface area contributed by atoms with Crippen LogP contribution in [0.15, 0.2) is 18.3 Å². The molecule has 18 heavy (non-hydrogen) atoms. The lowest BCUT2D eigenvalue weighted by Gasteiger charge is -2.42. The van der Waals surface area contributed by atoms with Crippen molar-refractivity contribution in [2.75, 3.05) is 11.4 Å². The van der Waals surface area contributed by atoms with Gasteiger partial charge < -0.3 is 10.6 Å². The number of aromatic nitrogens is 1. The zero-order chi connectivity index (χ0) is 13.3. The molecule has 0 bridgehead atoms. The van der Waals surface area contributed by atoms with Crippen LogP contribution in [0.3, 0.4) is 0 Å². The van der Waals surface area contributed by atoms with Crippen molar-refractivity contribution in [1.82, 2.24) is 4.98 Å². The van der Waals surface area contributed by atoms with Crippen LogP contribution in [0, 0.1) is 11.8 Å². The SMILES string of the molecule is CC1CC(C)C(C)N(c2ccnc(C(N)=S)c2)C1. The number of nitrogens with zero attached hydrogens (tertiary/aromatic N) is 2. The van der Waals surface area contributed by atoms with Crippen LogP contribution in [0.1, 0.15) is 32.9 Å². The van der Waals surface area contributed by atoms with E-state index in [2.05, 4.69) is 30.7 Å². The second kappa shape index (κ2) is 5.22. The highest BCUT2D eigenvalue weighted by molar-refractivity contribution is 7.80. The molecule has 1 fully saturated rings. The first-order valence-corrected chi connectivity index (χ1v) is 6.92. The fourth-order valence-electron chi connectivity index (χ4n) is 2.79. The number of nitrogens with two attached hydrogens (primary N) is 1. The van der Waals surface area contributed by atoms with Crippen LogP contribution in [0.5, 0.6) is 0 Å². The maximum atomic E-state index is 5.65. The molecule has 4 heteroatoms. The van der Waals surface area contributed by atoms with Gasteiger partial charge in [-0.3, -0.25) is 4.98 Å². The lowest BCUT2D eigenvalue weighted by Crippen LogP contribution is -2.45. The molecule has 1 saturated heterocycles. The molecule has 1 aliphatic heterocycles. The molecule has 0 saturated carbocycles. The molecular formula is C14H21N3S. The van der Waals surface area contributed by atoms with Crippen molar-refractivity contribution in [1.29, 1.82) is 0 Å². The number of hydrogen-bond donors (Lipinski definition) is 1. The number of hydrogen-bond acceptors (Lipinski definition) is 3. The number of anilines is 1. The number of pyridine rings is 1. The zero-order valence-corrected chi connectivity index (χ0v) is 12.1. The molecule has 3 nitrogen and oxygen atoms in total. The summed E-state index contributed by atoms with van der Waals surface area (Å²) in [7, 11) is 0. The molecule has 3 unspecified atom stereocenters. The Balaban J connectivity index is 2.29. The fourth-order valence-corrected chi connectivity index (χ4v) is 2.90. The second-order valence-corrected chi connectivity index (χ2v) is 5.91. The topological polar surface area (TPSA) is 42.2 Å². The summed E-state index contributed by atoms with van der Waals surface area (Å²) in [5, 5.41) is 0. The average Bonchev–Trinajstić information content (AvgIpc) is 2.34. The van der Waals surface area contributed by atoms with Crippen LogP contribution in [0.2, 0.25) is 0 Å². The van der Waals surface area contributed by atoms with Crippen LogP contribution in [-0.4, -0.2) is 22.6 Å². The first-order chi connectivity index (χ1) is 8.49. The van der Waals surface area contributed by atoms with Crippen molar-refractivity contribution in [2.24, 2.45) is 17.6 Å². The zero-order valence-electron chi connectivity index (χ0n) is 11.3. The van der Waals surface area contributed by atoms with E-state index in [-0.39, 0.29) is 0 Å². The fraction of sp³-hybridized carbons (Fsp3) is 0.571. The van der Waals surface area contributed by atoms with Crippen molar-refractivity contribution >= 4 is 22.9 Å². The highest BCUT2D eigenvalue weighted by Gasteiger charge is 2.29. The van der Waals surface area contributed by atoms with Gasteiger partial charge in [0.1, 0.15) is 4.99 Å². The molecular weight excluding hydrogens is 242 g/mol. The van der Waals surface area contributed by atoms with Gasteiger partial charge in [0.25, 0.3) is 0 Å². The normalized spacial score (nSPS) is 28.2. The maximum Gasteiger partial charge on any atom is 0.122 e. The van der Waals surface area contributed by atoms with Crippen molar-refractivity contribution in [2.45, 2.75) is 33.2 Å². The molecule has 0 aliphatic carbocycles. The molecule has 98 valence electrons. The van der Waals surface area contributed by atoms with Gasteiger partial charge in [-0.05, 0) is 37.3 Å². The standard InChI is InChI=1S/C14H21N3S/c1-9-6-10(2)11(3)17(8-9)12-4-5-16-13(7-12)14(15)18/h4-5,7,9-11H,6,8H2,1-3H3,(H2,15,18). The lowest BCUT2D eigenvalue weighted by molar-refractivity contribution is 0.297. The Bertz CT molecular complexity index is 446. The summed E-state index contributed by atoms with van der Waals surface area (Å²) in [6.07, 6.45) is 3.09. The minimum Gasteiger partial charge on any atom is -0.388 e. The first kappa shape index (κ1) is 13.3. The van der Waals surface area contributed by atoms with Gasteiger partial charge in [-0.2, -0.15) is 0 Å². The molecule has 1 aliphatic rings. The largest absolute Gasteiger partial charge is 0.388 e.